The van der Waals surface area contributed by atoms with Gasteiger partial charge in [-0.15, -0.1) is 0 Å². The molecule has 19 heavy (non-hydrogen) atoms. The van der Waals surface area contributed by atoms with E-state index in [9.17, 15) is 0 Å². The number of ether oxygens (including phenoxy) is 1. The summed E-state index contributed by atoms with van der Waals surface area (Å²) in [6.07, 6.45) is 8.13. The summed E-state index contributed by atoms with van der Waals surface area (Å²) in [6.45, 7) is 12.2. The monoisotopic (exact) mass is 269 g/mol. The second-order valence-corrected chi connectivity index (χ2v) is 7.47. The van der Waals surface area contributed by atoms with Gasteiger partial charge in [-0.1, -0.05) is 20.8 Å². The van der Waals surface area contributed by atoms with E-state index in [2.05, 4.69) is 40.1 Å². The number of rotatable bonds is 7. The van der Waals surface area contributed by atoms with Crippen molar-refractivity contribution >= 4 is 0 Å². The van der Waals surface area contributed by atoms with Crippen LogP contribution in [-0.2, 0) is 4.74 Å². The molecule has 2 nitrogen and oxygen atoms in total. The molecule has 0 spiro atoms. The van der Waals surface area contributed by atoms with Crippen LogP contribution >= 0.6 is 0 Å². The average molecular weight is 269 g/mol. The van der Waals surface area contributed by atoms with Crippen LogP contribution in [0.1, 0.15) is 66.2 Å². The first kappa shape index (κ1) is 17.0. The zero-order valence-electron chi connectivity index (χ0n) is 13.8. The maximum atomic E-state index is 5.50. The molecule has 1 aliphatic carbocycles. The summed E-state index contributed by atoms with van der Waals surface area (Å²) >= 11 is 0. The lowest BCUT2D eigenvalue weighted by atomic mass is 9.62. The Labute approximate surface area is 120 Å². The van der Waals surface area contributed by atoms with Gasteiger partial charge in [-0.25, -0.2) is 0 Å². The van der Waals surface area contributed by atoms with Crippen LogP contribution in [0.25, 0.3) is 0 Å². The molecule has 1 N–H and O–H groups in total. The van der Waals surface area contributed by atoms with Crippen molar-refractivity contribution in [2.24, 2.45) is 16.7 Å². The summed E-state index contributed by atoms with van der Waals surface area (Å²) in [6, 6.07) is 0. The SMILES string of the molecule is CCOCCCC1(CNC)CCC(C(C)(C)C)CC1. The van der Waals surface area contributed by atoms with E-state index in [4.69, 9.17) is 4.74 Å². The first-order valence-electron chi connectivity index (χ1n) is 8.16. The highest BCUT2D eigenvalue weighted by atomic mass is 16.5. The summed E-state index contributed by atoms with van der Waals surface area (Å²) in [7, 11) is 2.10. The van der Waals surface area contributed by atoms with Crippen LogP contribution in [0.3, 0.4) is 0 Å². The quantitative estimate of drug-likeness (QED) is 0.698. The molecule has 2 heteroatoms. The summed E-state index contributed by atoms with van der Waals surface area (Å²) < 4.78 is 5.50. The van der Waals surface area contributed by atoms with E-state index >= 15 is 0 Å². The van der Waals surface area contributed by atoms with Crippen LogP contribution in [0.4, 0.5) is 0 Å². The van der Waals surface area contributed by atoms with E-state index in [1.807, 2.05) is 0 Å². The van der Waals surface area contributed by atoms with Crippen LogP contribution < -0.4 is 5.32 Å². The van der Waals surface area contributed by atoms with Crippen LogP contribution in [0.15, 0.2) is 0 Å². The van der Waals surface area contributed by atoms with Crippen molar-refractivity contribution in [2.45, 2.75) is 66.2 Å². The minimum Gasteiger partial charge on any atom is -0.382 e. The van der Waals surface area contributed by atoms with Gasteiger partial charge in [-0.3, -0.25) is 0 Å². The second-order valence-electron chi connectivity index (χ2n) is 7.47. The molecule has 0 aliphatic heterocycles. The number of hydrogen-bond donors (Lipinski definition) is 1. The third kappa shape index (κ3) is 5.43. The van der Waals surface area contributed by atoms with Crippen LogP contribution in [0.5, 0.6) is 0 Å². The van der Waals surface area contributed by atoms with E-state index < -0.39 is 0 Å². The van der Waals surface area contributed by atoms with Gasteiger partial charge in [0.05, 0.1) is 0 Å². The predicted molar refractivity (Wildman–Crippen MR) is 83.5 cm³/mol. The van der Waals surface area contributed by atoms with Crippen molar-refractivity contribution in [3.05, 3.63) is 0 Å². The third-order valence-corrected chi connectivity index (χ3v) is 5.02. The fraction of sp³-hybridized carbons (Fsp3) is 1.00. The Balaban J connectivity index is 2.46. The van der Waals surface area contributed by atoms with E-state index in [1.54, 1.807) is 0 Å². The van der Waals surface area contributed by atoms with Crippen molar-refractivity contribution < 1.29 is 4.74 Å². The predicted octanol–water partition coefficient (Wildman–Crippen LogP) is 4.25. The summed E-state index contributed by atoms with van der Waals surface area (Å²) in [5.41, 5.74) is 1.02. The highest BCUT2D eigenvalue weighted by Crippen LogP contribution is 2.47. The topological polar surface area (TPSA) is 21.3 Å². The second kappa shape index (κ2) is 7.64. The Hall–Kier alpha value is -0.0800. The van der Waals surface area contributed by atoms with E-state index in [-0.39, 0.29) is 0 Å². The Kier molecular flexibility index (Phi) is 6.82. The smallest absolute Gasteiger partial charge is 0.0466 e. The molecule has 0 bridgehead atoms. The molecule has 1 fully saturated rings. The molecule has 0 amide bonds. The van der Waals surface area contributed by atoms with Crippen molar-refractivity contribution in [1.82, 2.24) is 5.32 Å². The van der Waals surface area contributed by atoms with Crippen molar-refractivity contribution in [3.63, 3.8) is 0 Å². The van der Waals surface area contributed by atoms with Gasteiger partial charge in [0.1, 0.15) is 0 Å². The van der Waals surface area contributed by atoms with Gasteiger partial charge < -0.3 is 10.1 Å². The van der Waals surface area contributed by atoms with Crippen molar-refractivity contribution in [3.8, 4) is 0 Å². The molecule has 0 radical (unpaired) electrons. The van der Waals surface area contributed by atoms with Gasteiger partial charge in [0, 0.05) is 19.8 Å². The van der Waals surface area contributed by atoms with Gasteiger partial charge in [0.25, 0.3) is 0 Å². The zero-order chi connectivity index (χ0) is 14.4. The molecule has 0 aromatic rings. The van der Waals surface area contributed by atoms with Gasteiger partial charge in [0.2, 0.25) is 0 Å². The van der Waals surface area contributed by atoms with Gasteiger partial charge in [-0.2, -0.15) is 0 Å². The molecular formula is C17H35NO. The Morgan fingerprint density at radius 3 is 2.32 bits per heavy atom. The molecule has 0 aromatic heterocycles. The van der Waals surface area contributed by atoms with Crippen LogP contribution in [0, 0.1) is 16.7 Å². The highest BCUT2D eigenvalue weighted by molar-refractivity contribution is 4.90. The molecule has 0 unspecified atom stereocenters. The lowest BCUT2D eigenvalue weighted by Crippen LogP contribution is -2.39. The maximum Gasteiger partial charge on any atom is 0.0466 e. The maximum absolute atomic E-state index is 5.50. The molecule has 1 rings (SSSR count). The molecule has 0 heterocycles. The average Bonchev–Trinajstić information content (AvgIpc) is 2.35. The zero-order valence-corrected chi connectivity index (χ0v) is 13.8. The largest absolute Gasteiger partial charge is 0.382 e. The van der Waals surface area contributed by atoms with Crippen molar-refractivity contribution in [2.75, 3.05) is 26.8 Å². The molecule has 0 atom stereocenters. The van der Waals surface area contributed by atoms with E-state index in [1.165, 1.54) is 45.1 Å². The van der Waals surface area contributed by atoms with Gasteiger partial charge in [0.15, 0.2) is 0 Å². The Morgan fingerprint density at radius 2 is 1.84 bits per heavy atom. The molecule has 0 aromatic carbocycles. The summed E-state index contributed by atoms with van der Waals surface area (Å²) in [5, 5.41) is 3.43. The van der Waals surface area contributed by atoms with E-state index in [0.717, 1.165) is 19.1 Å². The number of hydrogen-bond acceptors (Lipinski definition) is 2. The van der Waals surface area contributed by atoms with Crippen molar-refractivity contribution in [1.29, 1.82) is 0 Å². The standard InChI is InChI=1S/C17H35NO/c1-6-19-13-7-10-17(14-18-5)11-8-15(9-12-17)16(2,3)4/h15,18H,6-14H2,1-5H3. The molecular weight excluding hydrogens is 234 g/mol. The normalized spacial score (nSPS) is 28.6. The highest BCUT2D eigenvalue weighted by Gasteiger charge is 2.37. The van der Waals surface area contributed by atoms with Crippen LogP contribution in [0.2, 0.25) is 0 Å². The summed E-state index contributed by atoms with van der Waals surface area (Å²) in [5.74, 6) is 0.907. The first-order chi connectivity index (χ1) is 8.93. The number of nitrogens with one attached hydrogen (secondary N) is 1. The van der Waals surface area contributed by atoms with Gasteiger partial charge >= 0.3 is 0 Å². The molecule has 1 aliphatic rings. The fourth-order valence-electron chi connectivity index (χ4n) is 3.68. The van der Waals surface area contributed by atoms with E-state index in [0.29, 0.717) is 10.8 Å². The lowest BCUT2D eigenvalue weighted by Gasteiger charge is -2.44. The lowest BCUT2D eigenvalue weighted by molar-refractivity contribution is 0.0669. The van der Waals surface area contributed by atoms with Gasteiger partial charge in [-0.05, 0) is 69.2 Å². The Morgan fingerprint density at radius 1 is 1.21 bits per heavy atom. The minimum absolute atomic E-state index is 0.483. The summed E-state index contributed by atoms with van der Waals surface area (Å²) in [4.78, 5) is 0. The minimum atomic E-state index is 0.483. The Bertz CT molecular complexity index is 236. The molecule has 114 valence electrons. The first-order valence-corrected chi connectivity index (χ1v) is 8.16. The third-order valence-electron chi connectivity index (χ3n) is 5.02. The van der Waals surface area contributed by atoms with Crippen LogP contribution in [-0.4, -0.2) is 26.8 Å². The fourth-order valence-corrected chi connectivity index (χ4v) is 3.68. The molecule has 0 saturated heterocycles. The molecule has 1 saturated carbocycles.